The zero-order valence-corrected chi connectivity index (χ0v) is 12.9. The molecule has 1 heterocycles. The first kappa shape index (κ1) is 14.7. The van der Waals surface area contributed by atoms with Gasteiger partial charge in [0.1, 0.15) is 5.75 Å². The van der Waals surface area contributed by atoms with E-state index in [1.165, 1.54) is 18.5 Å². The molecule has 0 radical (unpaired) electrons. The highest BCUT2D eigenvalue weighted by atomic mass is 16.5. The molecule has 2 fully saturated rings. The highest BCUT2D eigenvalue weighted by molar-refractivity contribution is 5.49. The van der Waals surface area contributed by atoms with Crippen molar-refractivity contribution in [2.75, 3.05) is 44.7 Å². The Kier molecular flexibility index (Phi) is 4.36. The van der Waals surface area contributed by atoms with Gasteiger partial charge in [-0.05, 0) is 37.1 Å². The third kappa shape index (κ3) is 3.50. The number of aliphatic hydroxyl groups is 1. The third-order valence-electron chi connectivity index (χ3n) is 4.86. The predicted molar refractivity (Wildman–Crippen MR) is 85.1 cm³/mol. The Bertz CT molecular complexity index is 446. The second-order valence-electron chi connectivity index (χ2n) is 6.39. The van der Waals surface area contributed by atoms with Crippen LogP contribution in [0.25, 0.3) is 0 Å². The number of hydrogen-bond acceptors (Lipinski definition) is 4. The molecular weight excluding hydrogens is 264 g/mol. The second-order valence-corrected chi connectivity index (χ2v) is 6.39. The van der Waals surface area contributed by atoms with Gasteiger partial charge in [-0.3, -0.25) is 4.90 Å². The van der Waals surface area contributed by atoms with Crippen molar-refractivity contribution in [1.29, 1.82) is 0 Å². The summed E-state index contributed by atoms with van der Waals surface area (Å²) >= 11 is 0. The summed E-state index contributed by atoms with van der Waals surface area (Å²) in [4.78, 5) is 4.83. The van der Waals surface area contributed by atoms with Crippen molar-refractivity contribution in [2.45, 2.75) is 31.3 Å². The van der Waals surface area contributed by atoms with E-state index in [4.69, 9.17) is 4.74 Å². The molecule has 21 heavy (non-hydrogen) atoms. The van der Waals surface area contributed by atoms with Crippen LogP contribution in [0.15, 0.2) is 24.3 Å². The van der Waals surface area contributed by atoms with Gasteiger partial charge >= 0.3 is 0 Å². The highest BCUT2D eigenvalue weighted by Gasteiger charge is 2.33. The molecule has 1 aromatic rings. The number of piperazine rings is 1. The topological polar surface area (TPSA) is 35.9 Å². The molecule has 0 unspecified atom stereocenters. The minimum absolute atomic E-state index is 0.414. The van der Waals surface area contributed by atoms with Gasteiger partial charge in [-0.2, -0.15) is 0 Å². The van der Waals surface area contributed by atoms with E-state index in [1.54, 1.807) is 7.11 Å². The van der Waals surface area contributed by atoms with Crippen molar-refractivity contribution in [3.63, 3.8) is 0 Å². The lowest BCUT2D eigenvalue weighted by Gasteiger charge is -2.39. The lowest BCUT2D eigenvalue weighted by Crippen LogP contribution is -2.51. The normalized spacial score (nSPS) is 22.5. The van der Waals surface area contributed by atoms with Gasteiger partial charge in [-0.1, -0.05) is 12.8 Å². The minimum atomic E-state index is -0.414. The molecule has 4 nitrogen and oxygen atoms in total. The molecule has 4 heteroatoms. The summed E-state index contributed by atoms with van der Waals surface area (Å²) in [7, 11) is 1.70. The molecule has 1 aliphatic heterocycles. The Labute approximate surface area is 127 Å². The Morgan fingerprint density at radius 3 is 2.24 bits per heavy atom. The van der Waals surface area contributed by atoms with Gasteiger partial charge < -0.3 is 14.7 Å². The van der Waals surface area contributed by atoms with E-state index >= 15 is 0 Å². The lowest BCUT2D eigenvalue weighted by atomic mass is 10.0. The number of rotatable bonds is 4. The first-order chi connectivity index (χ1) is 10.2. The van der Waals surface area contributed by atoms with E-state index in [-0.39, 0.29) is 0 Å². The molecule has 1 N–H and O–H groups in total. The first-order valence-corrected chi connectivity index (χ1v) is 8.02. The fraction of sp³-hybridized carbons (Fsp3) is 0.647. The maximum absolute atomic E-state index is 10.5. The van der Waals surface area contributed by atoms with Crippen LogP contribution in [0.5, 0.6) is 5.75 Å². The second kappa shape index (κ2) is 6.24. The Morgan fingerprint density at radius 1 is 1.05 bits per heavy atom. The Hall–Kier alpha value is -1.26. The number of hydrogen-bond donors (Lipinski definition) is 1. The SMILES string of the molecule is COc1ccc(N2CCN(CC3(O)CCCC3)CC2)cc1. The van der Waals surface area contributed by atoms with Gasteiger partial charge in [0.2, 0.25) is 0 Å². The van der Waals surface area contributed by atoms with Gasteiger partial charge in [0, 0.05) is 38.4 Å². The van der Waals surface area contributed by atoms with Gasteiger partial charge in [0.25, 0.3) is 0 Å². The molecule has 1 aromatic carbocycles. The molecule has 0 atom stereocenters. The average molecular weight is 290 g/mol. The zero-order valence-electron chi connectivity index (χ0n) is 12.9. The smallest absolute Gasteiger partial charge is 0.119 e. The van der Waals surface area contributed by atoms with Crippen molar-refractivity contribution in [3.8, 4) is 5.75 Å². The molecule has 0 aromatic heterocycles. The maximum Gasteiger partial charge on any atom is 0.119 e. The van der Waals surface area contributed by atoms with Crippen LogP contribution in [-0.4, -0.2) is 55.4 Å². The molecule has 116 valence electrons. The summed E-state index contributed by atoms with van der Waals surface area (Å²) < 4.78 is 5.20. The molecule has 2 aliphatic rings. The molecule has 3 rings (SSSR count). The van der Waals surface area contributed by atoms with E-state index < -0.39 is 5.60 Å². The van der Waals surface area contributed by atoms with Crippen molar-refractivity contribution in [3.05, 3.63) is 24.3 Å². The van der Waals surface area contributed by atoms with Crippen LogP contribution in [0.2, 0.25) is 0 Å². The van der Waals surface area contributed by atoms with Crippen LogP contribution in [0.1, 0.15) is 25.7 Å². The van der Waals surface area contributed by atoms with Crippen molar-refractivity contribution >= 4 is 5.69 Å². The number of methoxy groups -OCH3 is 1. The number of β-amino-alcohol motifs (C(OH)–C–C–N with tert-alkyl or cyclic N) is 1. The highest BCUT2D eigenvalue weighted by Crippen LogP contribution is 2.30. The van der Waals surface area contributed by atoms with Gasteiger partial charge in [0.15, 0.2) is 0 Å². The number of ether oxygens (including phenoxy) is 1. The summed E-state index contributed by atoms with van der Waals surface area (Å²) in [5.41, 5.74) is 0.845. The lowest BCUT2D eigenvalue weighted by molar-refractivity contribution is 0.00802. The standard InChI is InChI=1S/C17H26N2O2/c1-21-16-6-4-15(5-7-16)19-12-10-18(11-13-19)14-17(20)8-2-3-9-17/h4-7,20H,2-3,8-14H2,1H3. The summed E-state index contributed by atoms with van der Waals surface area (Å²) in [5, 5.41) is 10.5. The van der Waals surface area contributed by atoms with Gasteiger partial charge in [-0.15, -0.1) is 0 Å². The van der Waals surface area contributed by atoms with Crippen molar-refractivity contribution in [1.82, 2.24) is 4.90 Å². The monoisotopic (exact) mass is 290 g/mol. The molecule has 1 saturated heterocycles. The molecule has 1 aliphatic carbocycles. The van der Waals surface area contributed by atoms with E-state index in [1.807, 2.05) is 12.1 Å². The zero-order chi connectivity index (χ0) is 14.7. The Morgan fingerprint density at radius 2 is 1.67 bits per heavy atom. The van der Waals surface area contributed by atoms with E-state index in [2.05, 4.69) is 21.9 Å². The average Bonchev–Trinajstić information content (AvgIpc) is 2.94. The van der Waals surface area contributed by atoms with Crippen molar-refractivity contribution in [2.24, 2.45) is 0 Å². The first-order valence-electron chi connectivity index (χ1n) is 8.02. The third-order valence-corrected chi connectivity index (χ3v) is 4.86. The van der Waals surface area contributed by atoms with E-state index in [9.17, 15) is 5.11 Å². The maximum atomic E-state index is 10.5. The van der Waals surface area contributed by atoms with Crippen LogP contribution in [-0.2, 0) is 0 Å². The van der Waals surface area contributed by atoms with Gasteiger partial charge in [0.05, 0.1) is 12.7 Å². The molecular formula is C17H26N2O2. The van der Waals surface area contributed by atoms with Gasteiger partial charge in [-0.25, -0.2) is 0 Å². The largest absolute Gasteiger partial charge is 0.497 e. The fourth-order valence-electron chi connectivity index (χ4n) is 3.56. The molecule has 0 bridgehead atoms. The Balaban J connectivity index is 1.52. The van der Waals surface area contributed by atoms with Crippen LogP contribution >= 0.6 is 0 Å². The molecule has 1 saturated carbocycles. The minimum Gasteiger partial charge on any atom is -0.497 e. The number of benzene rings is 1. The van der Waals surface area contributed by atoms with Crippen LogP contribution in [0.4, 0.5) is 5.69 Å². The van der Waals surface area contributed by atoms with E-state index in [0.717, 1.165) is 51.3 Å². The summed E-state index contributed by atoms with van der Waals surface area (Å²) in [5.74, 6) is 0.904. The number of anilines is 1. The quantitative estimate of drug-likeness (QED) is 0.921. The summed E-state index contributed by atoms with van der Waals surface area (Å²) in [6.45, 7) is 4.98. The fourth-order valence-corrected chi connectivity index (χ4v) is 3.56. The summed E-state index contributed by atoms with van der Waals surface area (Å²) in [6.07, 6.45) is 4.32. The van der Waals surface area contributed by atoms with Crippen LogP contribution < -0.4 is 9.64 Å². The van der Waals surface area contributed by atoms with E-state index in [0.29, 0.717) is 0 Å². The van der Waals surface area contributed by atoms with Crippen LogP contribution in [0, 0.1) is 0 Å². The van der Waals surface area contributed by atoms with Crippen molar-refractivity contribution < 1.29 is 9.84 Å². The molecule has 0 amide bonds. The predicted octanol–water partition coefficient (Wildman–Crippen LogP) is 2.12. The molecule has 0 spiro atoms. The summed E-state index contributed by atoms with van der Waals surface area (Å²) in [6, 6.07) is 8.28. The number of nitrogens with zero attached hydrogens (tertiary/aromatic N) is 2. The van der Waals surface area contributed by atoms with Crippen LogP contribution in [0.3, 0.4) is 0 Å².